The summed E-state index contributed by atoms with van der Waals surface area (Å²) in [7, 11) is -0.740. The summed E-state index contributed by atoms with van der Waals surface area (Å²) in [6.07, 6.45) is 0. The van der Waals surface area contributed by atoms with Crippen LogP contribution in [0, 0.1) is 5.82 Å². The third-order valence-electron chi connectivity index (χ3n) is 0.953. The average molecular weight is 142 g/mol. The monoisotopic (exact) mass is 142 g/mol. The van der Waals surface area contributed by atoms with Crippen molar-refractivity contribution >= 4 is 15.0 Å². The zero-order valence-electron chi connectivity index (χ0n) is 4.57. The molecule has 0 saturated heterocycles. The minimum atomic E-state index is -0.740. The Morgan fingerprint density at radius 1 is 1.11 bits per heavy atom. The molecule has 0 heterocycles. The van der Waals surface area contributed by atoms with Crippen molar-refractivity contribution in [1.82, 2.24) is 0 Å². The average Bonchev–Trinajstić information content (AvgIpc) is 1.90. The molecule has 3 heteroatoms. The maximum absolute atomic E-state index is 12.1. The van der Waals surface area contributed by atoms with Crippen LogP contribution in [-0.2, 0) is 0 Å². The molecular weight excluding hydrogens is 138 g/mol. The van der Waals surface area contributed by atoms with Gasteiger partial charge in [-0.05, 0) is 17.3 Å². The summed E-state index contributed by atoms with van der Waals surface area (Å²) >= 11 is 0. The second-order valence-electron chi connectivity index (χ2n) is 1.60. The van der Waals surface area contributed by atoms with Crippen molar-refractivity contribution in [2.45, 2.75) is 0 Å². The maximum atomic E-state index is 12.1. The van der Waals surface area contributed by atoms with Crippen molar-refractivity contribution in [2.24, 2.45) is 0 Å². The van der Waals surface area contributed by atoms with E-state index in [4.69, 9.17) is 0 Å². The molecule has 46 valence electrons. The lowest BCUT2D eigenvalue weighted by Crippen LogP contribution is -2.07. The Kier molecular flexibility index (Phi) is 1.95. The van der Waals surface area contributed by atoms with E-state index in [0.29, 0.717) is 5.19 Å². The number of hydrogen-bond acceptors (Lipinski definition) is 0. The Morgan fingerprint density at radius 2 is 1.67 bits per heavy atom. The zero-order chi connectivity index (χ0) is 6.69. The fraction of sp³-hybridized carbons (Fsp3) is 0. The molecule has 0 amide bonds. The van der Waals surface area contributed by atoms with Crippen molar-refractivity contribution in [3.63, 3.8) is 0 Å². The van der Waals surface area contributed by atoms with Gasteiger partial charge in [0.25, 0.3) is 0 Å². The lowest BCUT2D eigenvalue weighted by molar-refractivity contribution is 0.628. The lowest BCUT2D eigenvalue weighted by atomic mass is 10.3. The first-order valence-electron chi connectivity index (χ1n) is 2.45. The molecule has 1 aromatic carbocycles. The highest BCUT2D eigenvalue weighted by Crippen LogP contribution is 1.91. The van der Waals surface area contributed by atoms with E-state index in [1.807, 2.05) is 0 Å². The summed E-state index contributed by atoms with van der Waals surface area (Å²) in [6, 6.07) is 5.38. The van der Waals surface area contributed by atoms with E-state index in [0.717, 1.165) is 0 Å². The highest BCUT2D eigenvalue weighted by Gasteiger charge is 1.92. The summed E-state index contributed by atoms with van der Waals surface area (Å²) in [5.41, 5.74) is 0. The zero-order valence-corrected chi connectivity index (χ0v) is 5.57. The van der Waals surface area contributed by atoms with Crippen LogP contribution < -0.4 is 5.19 Å². The van der Waals surface area contributed by atoms with Gasteiger partial charge < -0.3 is 4.11 Å². The van der Waals surface area contributed by atoms with Crippen LogP contribution in [0.2, 0.25) is 0 Å². The van der Waals surface area contributed by atoms with Crippen LogP contribution in [0.4, 0.5) is 8.50 Å². The quantitative estimate of drug-likeness (QED) is 0.406. The summed E-state index contributed by atoms with van der Waals surface area (Å²) in [5, 5.41) is 0.538. The Hall–Kier alpha value is -0.703. The summed E-state index contributed by atoms with van der Waals surface area (Å²) in [5.74, 6) is -0.322. The molecule has 0 atom stereocenters. The Balaban J connectivity index is 2.88. The molecule has 0 aliphatic rings. The van der Waals surface area contributed by atoms with Crippen LogP contribution in [0.1, 0.15) is 0 Å². The minimum Gasteiger partial charge on any atom is -0.308 e. The minimum absolute atomic E-state index is 0.322. The molecule has 0 nitrogen and oxygen atoms in total. The van der Waals surface area contributed by atoms with Crippen LogP contribution >= 0.6 is 0 Å². The molecule has 0 N–H and O–H groups in total. The molecule has 0 aliphatic heterocycles. The van der Waals surface area contributed by atoms with Crippen molar-refractivity contribution in [3.8, 4) is 0 Å². The second-order valence-corrected chi connectivity index (χ2v) is 2.37. The fourth-order valence-electron chi connectivity index (χ4n) is 0.513. The molecule has 0 saturated carbocycles. The number of hydrogen-bond donors (Lipinski definition) is 0. The van der Waals surface area contributed by atoms with Crippen LogP contribution in [0.5, 0.6) is 0 Å². The molecular formula is C6H4F2Si. The first kappa shape index (κ1) is 6.42. The second kappa shape index (κ2) is 2.73. The van der Waals surface area contributed by atoms with Gasteiger partial charge in [-0.25, -0.2) is 4.39 Å². The van der Waals surface area contributed by atoms with Gasteiger partial charge in [0, 0.05) is 0 Å². The first-order valence-corrected chi connectivity index (χ1v) is 3.33. The van der Waals surface area contributed by atoms with E-state index in [1.165, 1.54) is 24.3 Å². The molecule has 0 aliphatic carbocycles. The van der Waals surface area contributed by atoms with Gasteiger partial charge in [0.2, 0.25) is 0 Å². The van der Waals surface area contributed by atoms with Gasteiger partial charge in [0.1, 0.15) is 5.82 Å². The molecule has 0 spiro atoms. The Bertz CT molecular complexity index is 183. The predicted octanol–water partition coefficient (Wildman–Crippen LogP) is 1.04. The van der Waals surface area contributed by atoms with E-state index in [1.54, 1.807) is 0 Å². The third-order valence-corrected chi connectivity index (χ3v) is 1.50. The SMILES string of the molecule is F[Si]c1ccc(F)cc1. The van der Waals surface area contributed by atoms with Gasteiger partial charge >= 0.3 is 9.85 Å². The topological polar surface area (TPSA) is 0 Å². The first-order chi connectivity index (χ1) is 4.33. The number of benzene rings is 1. The smallest absolute Gasteiger partial charge is 0.308 e. The molecule has 0 bridgehead atoms. The summed E-state index contributed by atoms with van der Waals surface area (Å²) < 4.78 is 23.9. The largest absolute Gasteiger partial charge is 0.333 e. The molecule has 9 heavy (non-hydrogen) atoms. The van der Waals surface area contributed by atoms with Crippen LogP contribution in [0.15, 0.2) is 24.3 Å². The van der Waals surface area contributed by atoms with Crippen LogP contribution in [0.25, 0.3) is 0 Å². The van der Waals surface area contributed by atoms with E-state index in [-0.39, 0.29) is 5.82 Å². The van der Waals surface area contributed by atoms with Crippen molar-refractivity contribution < 1.29 is 8.50 Å². The van der Waals surface area contributed by atoms with Gasteiger partial charge in [-0.3, -0.25) is 0 Å². The highest BCUT2D eigenvalue weighted by atomic mass is 28.3. The van der Waals surface area contributed by atoms with Gasteiger partial charge in [-0.15, -0.1) is 0 Å². The Morgan fingerprint density at radius 3 is 2.11 bits per heavy atom. The molecule has 1 rings (SSSR count). The van der Waals surface area contributed by atoms with E-state index < -0.39 is 9.85 Å². The summed E-state index contributed by atoms with van der Waals surface area (Å²) in [4.78, 5) is 0. The highest BCUT2D eigenvalue weighted by molar-refractivity contribution is 6.46. The van der Waals surface area contributed by atoms with Crippen molar-refractivity contribution in [2.75, 3.05) is 0 Å². The lowest BCUT2D eigenvalue weighted by Gasteiger charge is -1.88. The molecule has 0 fully saturated rings. The molecule has 0 aromatic heterocycles. The van der Waals surface area contributed by atoms with Crippen molar-refractivity contribution in [1.29, 1.82) is 0 Å². The van der Waals surface area contributed by atoms with E-state index in [2.05, 4.69) is 0 Å². The van der Waals surface area contributed by atoms with Gasteiger partial charge in [0.15, 0.2) is 0 Å². The fourth-order valence-corrected chi connectivity index (χ4v) is 0.806. The normalized spacial score (nSPS) is 9.56. The maximum Gasteiger partial charge on any atom is 0.333 e. The molecule has 1 aromatic rings. The number of halogens is 2. The van der Waals surface area contributed by atoms with Gasteiger partial charge in [-0.1, -0.05) is 12.1 Å². The van der Waals surface area contributed by atoms with Gasteiger partial charge in [0.05, 0.1) is 0 Å². The molecule has 2 radical (unpaired) electrons. The predicted molar refractivity (Wildman–Crippen MR) is 32.9 cm³/mol. The molecule has 0 unspecified atom stereocenters. The van der Waals surface area contributed by atoms with Crippen LogP contribution in [-0.4, -0.2) is 9.85 Å². The third kappa shape index (κ3) is 1.60. The van der Waals surface area contributed by atoms with Gasteiger partial charge in [-0.2, -0.15) is 0 Å². The van der Waals surface area contributed by atoms with Crippen molar-refractivity contribution in [3.05, 3.63) is 30.1 Å². The number of rotatable bonds is 1. The Labute approximate surface area is 54.5 Å². The van der Waals surface area contributed by atoms with E-state index in [9.17, 15) is 8.50 Å². The summed E-state index contributed by atoms with van der Waals surface area (Å²) in [6.45, 7) is 0. The van der Waals surface area contributed by atoms with Crippen LogP contribution in [0.3, 0.4) is 0 Å². The standard InChI is InChI=1S/C6H4F2Si/c7-5-1-3-6(9-8)4-2-5/h1-4H. The van der Waals surface area contributed by atoms with E-state index >= 15 is 0 Å².